The van der Waals surface area contributed by atoms with Crippen molar-refractivity contribution in [3.05, 3.63) is 59.4 Å². The average Bonchev–Trinajstić information content (AvgIpc) is 2.47. The minimum absolute atomic E-state index is 0.00114. The zero-order valence-corrected chi connectivity index (χ0v) is 11.1. The Bertz CT molecular complexity index is 700. The lowest BCUT2D eigenvalue weighted by Gasteiger charge is -2.09. The van der Waals surface area contributed by atoms with Crippen LogP contribution in [0, 0.1) is 5.82 Å². The Morgan fingerprint density at radius 1 is 1.14 bits per heavy atom. The number of hydrogen-bond donors (Lipinski definition) is 2. The lowest BCUT2D eigenvalue weighted by atomic mass is 10.1. The fraction of sp³-hybridized carbons (Fsp3) is 0.0667. The Balaban J connectivity index is 2.26. The van der Waals surface area contributed by atoms with Gasteiger partial charge in [-0.15, -0.1) is 0 Å². The summed E-state index contributed by atoms with van der Waals surface area (Å²) in [5.41, 5.74) is 0.0868. The largest absolute Gasteiger partial charge is 0.494 e. The maximum Gasteiger partial charge on any atom is 0.336 e. The summed E-state index contributed by atoms with van der Waals surface area (Å²) in [7, 11) is 1.33. The minimum atomic E-state index is -1.21. The Morgan fingerprint density at radius 2 is 1.81 bits per heavy atom. The normalized spacial score (nSPS) is 10.0. The molecular formula is C15H12FNO4. The van der Waals surface area contributed by atoms with Crippen LogP contribution in [-0.2, 0) is 0 Å². The van der Waals surface area contributed by atoms with Crippen LogP contribution in [-0.4, -0.2) is 24.1 Å². The molecular weight excluding hydrogens is 277 g/mol. The quantitative estimate of drug-likeness (QED) is 0.907. The number of rotatable bonds is 4. The van der Waals surface area contributed by atoms with Crippen molar-refractivity contribution >= 4 is 17.6 Å². The summed E-state index contributed by atoms with van der Waals surface area (Å²) >= 11 is 0. The lowest BCUT2D eigenvalue weighted by Crippen LogP contribution is -2.16. The van der Waals surface area contributed by atoms with Crippen LogP contribution in [0.3, 0.4) is 0 Å². The van der Waals surface area contributed by atoms with Gasteiger partial charge in [-0.05, 0) is 24.3 Å². The number of aromatic carboxylic acids is 1. The monoisotopic (exact) mass is 289 g/mol. The first kappa shape index (κ1) is 14.5. The third kappa shape index (κ3) is 3.17. The molecule has 0 bridgehead atoms. The predicted octanol–water partition coefficient (Wildman–Crippen LogP) is 2.78. The summed E-state index contributed by atoms with van der Waals surface area (Å²) in [4.78, 5) is 23.1. The summed E-state index contributed by atoms with van der Waals surface area (Å²) in [6, 6.07) is 9.71. The van der Waals surface area contributed by atoms with E-state index in [4.69, 9.17) is 9.84 Å². The smallest absolute Gasteiger partial charge is 0.336 e. The number of carboxylic acids is 1. The van der Waals surface area contributed by atoms with E-state index in [-0.39, 0.29) is 22.6 Å². The van der Waals surface area contributed by atoms with Crippen LogP contribution in [0.25, 0.3) is 0 Å². The third-order valence-corrected chi connectivity index (χ3v) is 2.81. The van der Waals surface area contributed by atoms with E-state index in [1.54, 1.807) is 6.07 Å². The molecule has 0 heterocycles. The maximum atomic E-state index is 13.5. The first-order chi connectivity index (χ1) is 10.0. The van der Waals surface area contributed by atoms with E-state index in [9.17, 15) is 14.0 Å². The van der Waals surface area contributed by atoms with Gasteiger partial charge in [0.1, 0.15) is 0 Å². The molecule has 2 aromatic carbocycles. The molecule has 5 nitrogen and oxygen atoms in total. The van der Waals surface area contributed by atoms with Gasteiger partial charge >= 0.3 is 5.97 Å². The van der Waals surface area contributed by atoms with Crippen molar-refractivity contribution in [2.24, 2.45) is 0 Å². The number of hydrogen-bond acceptors (Lipinski definition) is 3. The number of carboxylic acid groups (broad SMARTS) is 1. The second-order valence-electron chi connectivity index (χ2n) is 4.15. The van der Waals surface area contributed by atoms with Crippen molar-refractivity contribution in [2.75, 3.05) is 12.4 Å². The molecule has 21 heavy (non-hydrogen) atoms. The zero-order chi connectivity index (χ0) is 15.4. The van der Waals surface area contributed by atoms with Gasteiger partial charge in [0.25, 0.3) is 5.91 Å². The SMILES string of the molecule is COc1ccc(NC(=O)c2ccccc2C(=O)O)cc1F. The van der Waals surface area contributed by atoms with Gasteiger partial charge in [0.05, 0.1) is 18.2 Å². The molecule has 0 aliphatic heterocycles. The van der Waals surface area contributed by atoms with Crippen molar-refractivity contribution < 1.29 is 23.8 Å². The van der Waals surface area contributed by atoms with Crippen molar-refractivity contribution in [1.29, 1.82) is 0 Å². The molecule has 0 atom stereocenters. The van der Waals surface area contributed by atoms with Crippen LogP contribution < -0.4 is 10.1 Å². The number of carbonyl (C=O) groups is 2. The van der Waals surface area contributed by atoms with Crippen LogP contribution in [0.1, 0.15) is 20.7 Å². The van der Waals surface area contributed by atoms with Gasteiger partial charge in [-0.2, -0.15) is 0 Å². The molecule has 0 spiro atoms. The van der Waals surface area contributed by atoms with E-state index in [1.165, 1.54) is 37.4 Å². The first-order valence-electron chi connectivity index (χ1n) is 6.00. The van der Waals surface area contributed by atoms with E-state index >= 15 is 0 Å². The fourth-order valence-corrected chi connectivity index (χ4v) is 1.81. The molecule has 0 saturated heterocycles. The molecule has 108 valence electrons. The van der Waals surface area contributed by atoms with E-state index in [0.29, 0.717) is 0 Å². The molecule has 1 amide bonds. The number of carbonyl (C=O) groups excluding carboxylic acids is 1. The van der Waals surface area contributed by atoms with Crippen molar-refractivity contribution in [3.63, 3.8) is 0 Å². The topological polar surface area (TPSA) is 75.6 Å². The molecule has 2 aromatic rings. The highest BCUT2D eigenvalue weighted by atomic mass is 19.1. The highest BCUT2D eigenvalue weighted by Crippen LogP contribution is 2.21. The van der Waals surface area contributed by atoms with E-state index in [1.807, 2.05) is 0 Å². The number of benzene rings is 2. The third-order valence-electron chi connectivity index (χ3n) is 2.81. The summed E-state index contributed by atoms with van der Waals surface area (Å²) < 4.78 is 18.3. The van der Waals surface area contributed by atoms with Gasteiger partial charge in [-0.25, -0.2) is 9.18 Å². The second-order valence-corrected chi connectivity index (χ2v) is 4.15. The fourth-order valence-electron chi connectivity index (χ4n) is 1.81. The van der Waals surface area contributed by atoms with Crippen LogP contribution >= 0.6 is 0 Å². The van der Waals surface area contributed by atoms with Gasteiger partial charge in [0.2, 0.25) is 0 Å². The highest BCUT2D eigenvalue weighted by molar-refractivity contribution is 6.10. The summed E-state index contributed by atoms with van der Waals surface area (Å²) in [5.74, 6) is -2.40. The highest BCUT2D eigenvalue weighted by Gasteiger charge is 2.16. The van der Waals surface area contributed by atoms with Crippen LogP contribution in [0.2, 0.25) is 0 Å². The Kier molecular flexibility index (Phi) is 4.18. The van der Waals surface area contributed by atoms with Crippen molar-refractivity contribution in [2.45, 2.75) is 0 Å². The average molecular weight is 289 g/mol. The predicted molar refractivity (Wildman–Crippen MR) is 74.3 cm³/mol. The molecule has 0 saturated carbocycles. The number of anilines is 1. The lowest BCUT2D eigenvalue weighted by molar-refractivity contribution is 0.0692. The summed E-state index contributed by atoms with van der Waals surface area (Å²) in [5, 5.41) is 11.5. The van der Waals surface area contributed by atoms with E-state index < -0.39 is 17.7 Å². The maximum absolute atomic E-state index is 13.5. The Morgan fingerprint density at radius 3 is 2.38 bits per heavy atom. The van der Waals surface area contributed by atoms with Crippen LogP contribution in [0.5, 0.6) is 5.75 Å². The van der Waals surface area contributed by atoms with Gasteiger partial charge in [0.15, 0.2) is 11.6 Å². The van der Waals surface area contributed by atoms with Crippen LogP contribution in [0.4, 0.5) is 10.1 Å². The van der Waals surface area contributed by atoms with Gasteiger partial charge in [-0.3, -0.25) is 4.79 Å². The zero-order valence-electron chi connectivity index (χ0n) is 11.1. The molecule has 0 fully saturated rings. The number of ether oxygens (including phenoxy) is 1. The number of amides is 1. The molecule has 6 heteroatoms. The molecule has 0 aliphatic rings. The van der Waals surface area contributed by atoms with E-state index in [0.717, 1.165) is 6.07 Å². The van der Waals surface area contributed by atoms with Crippen molar-refractivity contribution in [1.82, 2.24) is 0 Å². The summed E-state index contributed by atoms with van der Waals surface area (Å²) in [6.45, 7) is 0. The molecule has 2 rings (SSSR count). The number of nitrogens with one attached hydrogen (secondary N) is 1. The standard InChI is InChI=1S/C15H12FNO4/c1-21-13-7-6-9(8-12(13)16)17-14(18)10-4-2-3-5-11(10)15(19)20/h2-8H,1H3,(H,17,18)(H,19,20). The Labute approximate surface area is 120 Å². The molecule has 0 aromatic heterocycles. The van der Waals surface area contributed by atoms with Crippen LogP contribution in [0.15, 0.2) is 42.5 Å². The number of methoxy groups -OCH3 is 1. The molecule has 0 radical (unpaired) electrons. The van der Waals surface area contributed by atoms with E-state index in [2.05, 4.69) is 5.32 Å². The number of halogens is 1. The van der Waals surface area contributed by atoms with Gasteiger partial charge < -0.3 is 15.2 Å². The minimum Gasteiger partial charge on any atom is -0.494 e. The van der Waals surface area contributed by atoms with Crippen molar-refractivity contribution in [3.8, 4) is 5.75 Å². The molecule has 0 unspecified atom stereocenters. The molecule has 2 N–H and O–H groups in total. The van der Waals surface area contributed by atoms with Gasteiger partial charge in [-0.1, -0.05) is 12.1 Å². The van der Waals surface area contributed by atoms with Gasteiger partial charge in [0, 0.05) is 11.8 Å². The second kappa shape index (κ2) is 6.04. The molecule has 0 aliphatic carbocycles. The Hall–Kier alpha value is -2.89. The first-order valence-corrected chi connectivity index (χ1v) is 6.00. The summed E-state index contributed by atoms with van der Waals surface area (Å²) in [6.07, 6.45) is 0.